The first-order chi connectivity index (χ1) is 9.55. The summed E-state index contributed by atoms with van der Waals surface area (Å²) in [5, 5.41) is 15.4. The molecule has 0 atom stereocenters. The van der Waals surface area contributed by atoms with E-state index in [1.807, 2.05) is 6.92 Å². The maximum Gasteiger partial charge on any atom is 0.329 e. The van der Waals surface area contributed by atoms with Crippen LogP contribution in [0.25, 0.3) is 0 Å². The molecule has 1 aromatic heterocycles. The molecule has 0 unspecified atom stereocenters. The Morgan fingerprint density at radius 1 is 1.45 bits per heavy atom. The van der Waals surface area contributed by atoms with Gasteiger partial charge in [-0.05, 0) is 19.3 Å². The van der Waals surface area contributed by atoms with Gasteiger partial charge >= 0.3 is 12.0 Å². The zero-order chi connectivity index (χ0) is 14.6. The first-order valence-electron chi connectivity index (χ1n) is 6.79. The summed E-state index contributed by atoms with van der Waals surface area (Å²) in [7, 11) is 0. The number of carboxylic acid groups (broad SMARTS) is 1. The van der Waals surface area contributed by atoms with Gasteiger partial charge in [-0.1, -0.05) is 19.8 Å². The summed E-state index contributed by atoms with van der Waals surface area (Å²) in [5.41, 5.74) is -1.10. The topological polar surface area (TPSA) is 91.3 Å². The lowest BCUT2D eigenvalue weighted by Crippen LogP contribution is -2.55. The summed E-state index contributed by atoms with van der Waals surface area (Å²) in [6, 6.07) is -0.442. The Bertz CT molecular complexity index is 495. The zero-order valence-electron chi connectivity index (χ0n) is 11.4. The maximum atomic E-state index is 11.8. The number of carboxylic acids is 1. The Morgan fingerprint density at radius 2 is 2.15 bits per heavy atom. The van der Waals surface area contributed by atoms with Gasteiger partial charge in [0.1, 0.15) is 10.5 Å². The first kappa shape index (κ1) is 14.8. The summed E-state index contributed by atoms with van der Waals surface area (Å²) in [4.78, 5) is 28.5. The van der Waals surface area contributed by atoms with Crippen LogP contribution in [0.15, 0.2) is 6.20 Å². The van der Waals surface area contributed by atoms with Crippen LogP contribution < -0.4 is 10.6 Å². The molecule has 2 rings (SSSR count). The van der Waals surface area contributed by atoms with Crippen molar-refractivity contribution in [3.63, 3.8) is 0 Å². The molecular weight excluding hydrogens is 278 g/mol. The van der Waals surface area contributed by atoms with Crippen LogP contribution in [0.1, 0.15) is 42.5 Å². The van der Waals surface area contributed by atoms with Crippen LogP contribution in [0.4, 0.5) is 4.79 Å². The molecule has 7 heteroatoms. The third-order valence-corrected chi connectivity index (χ3v) is 4.71. The molecule has 1 aliphatic rings. The van der Waals surface area contributed by atoms with Gasteiger partial charge in [-0.25, -0.2) is 14.6 Å². The van der Waals surface area contributed by atoms with Crippen molar-refractivity contribution in [2.75, 3.05) is 0 Å². The van der Waals surface area contributed by atoms with Crippen LogP contribution in [0.5, 0.6) is 0 Å². The van der Waals surface area contributed by atoms with E-state index in [2.05, 4.69) is 15.6 Å². The van der Waals surface area contributed by atoms with Crippen molar-refractivity contribution in [1.29, 1.82) is 0 Å². The van der Waals surface area contributed by atoms with Gasteiger partial charge in [0.05, 0.1) is 6.54 Å². The number of aromatic nitrogens is 1. The molecular formula is C13H19N3O3S. The van der Waals surface area contributed by atoms with Crippen LogP contribution in [0.3, 0.4) is 0 Å². The fourth-order valence-electron chi connectivity index (χ4n) is 2.38. The Hall–Kier alpha value is -1.63. The number of aliphatic carboxylic acids is 1. The van der Waals surface area contributed by atoms with Crippen LogP contribution in [-0.4, -0.2) is 27.6 Å². The minimum Gasteiger partial charge on any atom is -0.480 e. The zero-order valence-corrected chi connectivity index (χ0v) is 12.3. The third-order valence-electron chi connectivity index (χ3n) is 3.57. The molecule has 0 bridgehead atoms. The van der Waals surface area contributed by atoms with Crippen molar-refractivity contribution < 1.29 is 14.7 Å². The third kappa shape index (κ3) is 3.27. The molecule has 6 nitrogen and oxygen atoms in total. The quantitative estimate of drug-likeness (QED) is 0.774. The van der Waals surface area contributed by atoms with Gasteiger partial charge in [0.15, 0.2) is 0 Å². The van der Waals surface area contributed by atoms with Crippen molar-refractivity contribution in [1.82, 2.24) is 15.6 Å². The van der Waals surface area contributed by atoms with E-state index < -0.39 is 17.5 Å². The van der Waals surface area contributed by atoms with Crippen LogP contribution >= 0.6 is 11.3 Å². The first-order valence-corrected chi connectivity index (χ1v) is 7.60. The van der Waals surface area contributed by atoms with Crippen molar-refractivity contribution in [3.05, 3.63) is 16.1 Å². The van der Waals surface area contributed by atoms with E-state index in [-0.39, 0.29) is 0 Å². The summed E-state index contributed by atoms with van der Waals surface area (Å²) in [6.45, 7) is 2.38. The number of amides is 2. The van der Waals surface area contributed by atoms with Crippen molar-refractivity contribution >= 4 is 23.3 Å². The summed E-state index contributed by atoms with van der Waals surface area (Å²) in [6.07, 6.45) is 5.37. The predicted molar refractivity (Wildman–Crippen MR) is 75.7 cm³/mol. The minimum atomic E-state index is -1.10. The standard InChI is InChI=1S/C13H19N3O3S/c1-2-9-7-14-10(20-9)8-15-12(19)16-13(11(17)18)5-3-4-6-13/h7H,2-6,8H2,1H3,(H,17,18)(H2,15,16,19). The molecule has 1 fully saturated rings. The molecule has 1 aromatic rings. The average Bonchev–Trinajstić information content (AvgIpc) is 3.05. The van der Waals surface area contributed by atoms with Gasteiger partial charge in [-0.15, -0.1) is 11.3 Å². The fraction of sp³-hybridized carbons (Fsp3) is 0.615. The van der Waals surface area contributed by atoms with Crippen LogP contribution in [-0.2, 0) is 17.8 Å². The molecule has 0 aliphatic heterocycles. The van der Waals surface area contributed by atoms with Gasteiger partial charge in [-0.3, -0.25) is 0 Å². The van der Waals surface area contributed by atoms with Crippen LogP contribution in [0.2, 0.25) is 0 Å². The van der Waals surface area contributed by atoms with E-state index in [4.69, 9.17) is 0 Å². The summed E-state index contributed by atoms with van der Waals surface area (Å²) < 4.78 is 0. The number of nitrogens with one attached hydrogen (secondary N) is 2. The minimum absolute atomic E-state index is 0.326. The molecule has 1 saturated carbocycles. The van der Waals surface area contributed by atoms with E-state index in [1.165, 1.54) is 4.88 Å². The molecule has 3 N–H and O–H groups in total. The number of rotatable bonds is 5. The molecule has 110 valence electrons. The Morgan fingerprint density at radius 3 is 2.70 bits per heavy atom. The second-order valence-corrected chi connectivity index (χ2v) is 6.18. The highest BCUT2D eigenvalue weighted by Gasteiger charge is 2.42. The van der Waals surface area contributed by atoms with Crippen LogP contribution in [0, 0.1) is 0 Å². The normalized spacial score (nSPS) is 16.9. The van der Waals surface area contributed by atoms with E-state index in [0.717, 1.165) is 24.3 Å². The number of carbonyl (C=O) groups is 2. The number of thiazole rings is 1. The van der Waals surface area contributed by atoms with E-state index in [1.54, 1.807) is 17.5 Å². The van der Waals surface area contributed by atoms with Gasteiger partial charge < -0.3 is 15.7 Å². The van der Waals surface area contributed by atoms with Gasteiger partial charge in [0.25, 0.3) is 0 Å². The van der Waals surface area contributed by atoms with Gasteiger partial charge in [0.2, 0.25) is 0 Å². The Kier molecular flexibility index (Phi) is 4.59. The molecule has 0 spiro atoms. The second kappa shape index (κ2) is 6.21. The number of nitrogens with zero attached hydrogens (tertiary/aromatic N) is 1. The monoisotopic (exact) mass is 297 g/mol. The van der Waals surface area contributed by atoms with E-state index in [0.29, 0.717) is 19.4 Å². The summed E-state index contributed by atoms with van der Waals surface area (Å²) in [5.74, 6) is -0.951. The summed E-state index contributed by atoms with van der Waals surface area (Å²) >= 11 is 1.55. The molecule has 2 amide bonds. The lowest BCUT2D eigenvalue weighted by Gasteiger charge is -2.25. The number of carbonyl (C=O) groups excluding carboxylic acids is 1. The number of hydrogen-bond acceptors (Lipinski definition) is 4. The SMILES string of the molecule is CCc1cnc(CNC(=O)NC2(C(=O)O)CCCC2)s1. The Labute approximate surface area is 121 Å². The highest BCUT2D eigenvalue weighted by atomic mass is 32.1. The maximum absolute atomic E-state index is 11.8. The fourth-order valence-corrected chi connectivity index (χ4v) is 3.18. The molecule has 0 saturated heterocycles. The Balaban J connectivity index is 1.87. The average molecular weight is 297 g/mol. The highest BCUT2D eigenvalue weighted by molar-refractivity contribution is 7.11. The lowest BCUT2D eigenvalue weighted by atomic mass is 9.98. The number of aryl methyl sites for hydroxylation is 1. The predicted octanol–water partition coefficient (Wildman–Crippen LogP) is 1.90. The second-order valence-electron chi connectivity index (χ2n) is 4.98. The van der Waals surface area contributed by atoms with Crippen molar-refractivity contribution in [2.45, 2.75) is 51.1 Å². The van der Waals surface area contributed by atoms with Gasteiger partial charge in [-0.2, -0.15) is 0 Å². The molecule has 1 aliphatic carbocycles. The molecule has 0 aromatic carbocycles. The lowest BCUT2D eigenvalue weighted by molar-refractivity contribution is -0.144. The van der Waals surface area contributed by atoms with E-state index in [9.17, 15) is 14.7 Å². The van der Waals surface area contributed by atoms with Gasteiger partial charge in [0, 0.05) is 11.1 Å². The molecule has 0 radical (unpaired) electrons. The molecule has 1 heterocycles. The highest BCUT2D eigenvalue weighted by Crippen LogP contribution is 2.29. The smallest absolute Gasteiger partial charge is 0.329 e. The largest absolute Gasteiger partial charge is 0.480 e. The molecule has 20 heavy (non-hydrogen) atoms. The van der Waals surface area contributed by atoms with Crippen molar-refractivity contribution in [3.8, 4) is 0 Å². The number of hydrogen-bond donors (Lipinski definition) is 3. The van der Waals surface area contributed by atoms with E-state index >= 15 is 0 Å². The number of urea groups is 1. The van der Waals surface area contributed by atoms with Crippen molar-refractivity contribution in [2.24, 2.45) is 0 Å².